The molecule has 0 aromatic rings. The molecule has 0 aromatic carbocycles. The minimum atomic E-state index is -0.758. The average molecular weight is 198 g/mol. The van der Waals surface area contributed by atoms with Crippen molar-refractivity contribution < 1.29 is 14.3 Å². The molecular weight excluding hydrogens is 180 g/mol. The van der Waals surface area contributed by atoms with Crippen molar-refractivity contribution in [3.8, 4) is 0 Å². The van der Waals surface area contributed by atoms with Crippen LogP contribution >= 0.6 is 0 Å². The second kappa shape index (κ2) is 4.40. The van der Waals surface area contributed by atoms with Gasteiger partial charge in [-0.3, -0.25) is 9.59 Å². The highest BCUT2D eigenvalue weighted by atomic mass is 16.6. The predicted octanol–water partition coefficient (Wildman–Crippen LogP) is 2.11. The van der Waals surface area contributed by atoms with Crippen molar-refractivity contribution in [1.82, 2.24) is 0 Å². The van der Waals surface area contributed by atoms with E-state index in [0.717, 1.165) is 0 Å². The zero-order valence-electron chi connectivity index (χ0n) is 9.51. The van der Waals surface area contributed by atoms with Crippen molar-refractivity contribution in [1.29, 1.82) is 0 Å². The van der Waals surface area contributed by atoms with E-state index in [2.05, 4.69) is 6.58 Å². The Morgan fingerprint density at radius 3 is 2.00 bits per heavy atom. The van der Waals surface area contributed by atoms with E-state index in [9.17, 15) is 9.59 Å². The van der Waals surface area contributed by atoms with Gasteiger partial charge in [-0.1, -0.05) is 6.58 Å². The molecule has 1 atom stereocenters. The number of esters is 1. The summed E-state index contributed by atoms with van der Waals surface area (Å²) in [5.74, 6) is -1.52. The van der Waals surface area contributed by atoms with Gasteiger partial charge in [0.15, 0.2) is 5.78 Å². The molecule has 0 aliphatic carbocycles. The second-order valence-electron chi connectivity index (χ2n) is 4.40. The molecule has 0 N–H and O–H groups in total. The van der Waals surface area contributed by atoms with E-state index in [0.29, 0.717) is 5.57 Å². The minimum Gasteiger partial charge on any atom is -0.459 e. The molecule has 14 heavy (non-hydrogen) atoms. The number of allylic oxidation sites excluding steroid dienone is 1. The normalized spacial score (nSPS) is 13.2. The molecule has 0 aliphatic heterocycles. The van der Waals surface area contributed by atoms with Crippen LogP contribution in [0.25, 0.3) is 0 Å². The lowest BCUT2D eigenvalue weighted by Gasteiger charge is -2.21. The summed E-state index contributed by atoms with van der Waals surface area (Å²) in [4.78, 5) is 22.8. The largest absolute Gasteiger partial charge is 0.459 e. The van der Waals surface area contributed by atoms with E-state index in [1.807, 2.05) is 0 Å². The molecule has 1 unspecified atom stereocenters. The lowest BCUT2D eigenvalue weighted by molar-refractivity contribution is -0.160. The van der Waals surface area contributed by atoms with Gasteiger partial charge in [0, 0.05) is 0 Å². The zero-order valence-corrected chi connectivity index (χ0v) is 9.51. The molecule has 0 aliphatic rings. The second-order valence-corrected chi connectivity index (χ2v) is 4.40. The van der Waals surface area contributed by atoms with E-state index in [-0.39, 0.29) is 5.78 Å². The Balaban J connectivity index is 4.42. The summed E-state index contributed by atoms with van der Waals surface area (Å²) in [7, 11) is 0. The summed E-state index contributed by atoms with van der Waals surface area (Å²) in [6.07, 6.45) is 0. The van der Waals surface area contributed by atoms with Gasteiger partial charge in [-0.15, -0.1) is 0 Å². The van der Waals surface area contributed by atoms with Crippen molar-refractivity contribution in [3.63, 3.8) is 0 Å². The van der Waals surface area contributed by atoms with Crippen LogP contribution in [0, 0.1) is 5.92 Å². The predicted molar refractivity (Wildman–Crippen MR) is 54.8 cm³/mol. The van der Waals surface area contributed by atoms with E-state index in [4.69, 9.17) is 4.74 Å². The Bertz CT molecular complexity index is 258. The fourth-order valence-corrected chi connectivity index (χ4v) is 0.867. The van der Waals surface area contributed by atoms with E-state index >= 15 is 0 Å². The fraction of sp³-hybridized carbons (Fsp3) is 0.636. The Morgan fingerprint density at radius 1 is 1.29 bits per heavy atom. The summed E-state index contributed by atoms with van der Waals surface area (Å²) in [6, 6.07) is 0. The third kappa shape index (κ3) is 4.21. The van der Waals surface area contributed by atoms with Crippen molar-refractivity contribution in [2.24, 2.45) is 5.92 Å². The van der Waals surface area contributed by atoms with E-state index in [1.165, 1.54) is 6.92 Å². The van der Waals surface area contributed by atoms with E-state index < -0.39 is 17.5 Å². The molecule has 0 spiro atoms. The highest BCUT2D eigenvalue weighted by molar-refractivity contribution is 6.07. The summed E-state index contributed by atoms with van der Waals surface area (Å²) in [5.41, 5.74) is -0.177. The number of ether oxygens (including phenoxy) is 1. The first-order valence-corrected chi connectivity index (χ1v) is 4.57. The summed E-state index contributed by atoms with van der Waals surface area (Å²) < 4.78 is 5.07. The highest BCUT2D eigenvalue weighted by Crippen LogP contribution is 2.13. The molecule has 0 saturated carbocycles. The molecule has 0 saturated heterocycles. The molecule has 0 amide bonds. The van der Waals surface area contributed by atoms with Gasteiger partial charge >= 0.3 is 5.97 Å². The van der Waals surface area contributed by atoms with Gasteiger partial charge in [0.2, 0.25) is 0 Å². The van der Waals surface area contributed by atoms with Crippen LogP contribution in [0.5, 0.6) is 0 Å². The van der Waals surface area contributed by atoms with Crippen LogP contribution in [0.3, 0.4) is 0 Å². The van der Waals surface area contributed by atoms with Gasteiger partial charge in [-0.25, -0.2) is 0 Å². The summed E-state index contributed by atoms with van der Waals surface area (Å²) >= 11 is 0. The van der Waals surface area contributed by atoms with Gasteiger partial charge in [-0.2, -0.15) is 0 Å². The van der Waals surface area contributed by atoms with Gasteiger partial charge in [0.1, 0.15) is 11.5 Å². The molecule has 3 heteroatoms. The Labute approximate surface area is 85.1 Å². The summed E-state index contributed by atoms with van der Waals surface area (Å²) in [5, 5.41) is 0. The number of carbonyl (C=O) groups excluding carboxylic acids is 2. The number of ketones is 1. The molecule has 0 aromatic heterocycles. The molecule has 0 fully saturated rings. The summed E-state index contributed by atoms with van der Waals surface area (Å²) in [6.45, 7) is 11.9. The van der Waals surface area contributed by atoms with Crippen LogP contribution in [0.1, 0.15) is 34.6 Å². The molecule has 80 valence electrons. The topological polar surface area (TPSA) is 43.4 Å². The van der Waals surface area contributed by atoms with Gasteiger partial charge < -0.3 is 4.74 Å². The Hall–Kier alpha value is -1.12. The first-order chi connectivity index (χ1) is 6.15. The van der Waals surface area contributed by atoms with E-state index in [1.54, 1.807) is 27.7 Å². The molecule has 0 rings (SSSR count). The molecular formula is C11H18O3. The van der Waals surface area contributed by atoms with Gasteiger partial charge in [0.05, 0.1) is 0 Å². The molecule has 3 nitrogen and oxygen atoms in total. The standard InChI is InChI=1S/C11H18O3/c1-7(2)9(12)8(3)10(13)14-11(4,5)6/h8H,1H2,2-6H3. The van der Waals surface area contributed by atoms with Crippen molar-refractivity contribution in [2.75, 3.05) is 0 Å². The smallest absolute Gasteiger partial charge is 0.317 e. The van der Waals surface area contributed by atoms with Crippen LogP contribution in [0.4, 0.5) is 0 Å². The quantitative estimate of drug-likeness (QED) is 0.396. The first kappa shape index (κ1) is 12.9. The zero-order chi connectivity index (χ0) is 11.5. The van der Waals surface area contributed by atoms with Gasteiger partial charge in [-0.05, 0) is 40.2 Å². The highest BCUT2D eigenvalue weighted by Gasteiger charge is 2.26. The van der Waals surface area contributed by atoms with Crippen molar-refractivity contribution in [2.45, 2.75) is 40.2 Å². The lowest BCUT2D eigenvalue weighted by atomic mass is 10.0. The van der Waals surface area contributed by atoms with Crippen LogP contribution < -0.4 is 0 Å². The molecule has 0 heterocycles. The molecule has 0 bridgehead atoms. The van der Waals surface area contributed by atoms with Crippen LogP contribution in [0.2, 0.25) is 0 Å². The van der Waals surface area contributed by atoms with Crippen LogP contribution in [0.15, 0.2) is 12.2 Å². The number of carbonyl (C=O) groups is 2. The number of hydrogen-bond acceptors (Lipinski definition) is 3. The fourth-order valence-electron chi connectivity index (χ4n) is 0.867. The average Bonchev–Trinajstić information content (AvgIpc) is 1.98. The maximum Gasteiger partial charge on any atom is 0.317 e. The number of rotatable bonds is 3. The SMILES string of the molecule is C=C(C)C(=O)C(C)C(=O)OC(C)(C)C. The first-order valence-electron chi connectivity index (χ1n) is 4.57. The Kier molecular flexibility index (Phi) is 4.05. The third-order valence-electron chi connectivity index (χ3n) is 1.57. The number of Topliss-reactive ketones (excluding diaryl/α,β-unsaturated/α-hetero) is 1. The Morgan fingerprint density at radius 2 is 1.71 bits per heavy atom. The monoisotopic (exact) mass is 198 g/mol. The van der Waals surface area contributed by atoms with Crippen LogP contribution in [-0.4, -0.2) is 17.4 Å². The molecule has 0 radical (unpaired) electrons. The lowest BCUT2D eigenvalue weighted by Crippen LogP contribution is -2.31. The maximum atomic E-state index is 11.4. The maximum absolute atomic E-state index is 11.4. The minimum absolute atomic E-state index is 0.265. The van der Waals surface area contributed by atoms with Crippen molar-refractivity contribution >= 4 is 11.8 Å². The van der Waals surface area contributed by atoms with Crippen molar-refractivity contribution in [3.05, 3.63) is 12.2 Å². The van der Waals surface area contributed by atoms with Gasteiger partial charge in [0.25, 0.3) is 0 Å². The third-order valence-corrected chi connectivity index (χ3v) is 1.57. The van der Waals surface area contributed by atoms with Crippen LogP contribution in [-0.2, 0) is 14.3 Å². The number of hydrogen-bond donors (Lipinski definition) is 0.